The number of amides is 1. The summed E-state index contributed by atoms with van der Waals surface area (Å²) in [5.74, 6) is -0.733. The molecule has 3 rings (SSSR count). The van der Waals surface area contributed by atoms with Crippen molar-refractivity contribution in [3.05, 3.63) is 71.0 Å². The molecule has 0 spiro atoms. The minimum Gasteiger partial charge on any atom is -0.344 e. The maximum atomic E-state index is 13.2. The van der Waals surface area contributed by atoms with Gasteiger partial charge in [0.25, 0.3) is 5.91 Å². The number of carbonyl (C=O) groups excluding carboxylic acids is 1. The Morgan fingerprint density at radius 3 is 2.80 bits per heavy atom. The summed E-state index contributed by atoms with van der Waals surface area (Å²) in [6.45, 7) is 0. The quantitative estimate of drug-likeness (QED) is 0.843. The lowest BCUT2D eigenvalue weighted by Crippen LogP contribution is -2.31. The van der Waals surface area contributed by atoms with Gasteiger partial charge in [-0.15, -0.1) is 11.6 Å². The van der Waals surface area contributed by atoms with Gasteiger partial charge in [-0.25, -0.2) is 4.39 Å². The Morgan fingerprint density at radius 2 is 2.00 bits per heavy atom. The highest BCUT2D eigenvalue weighted by molar-refractivity contribution is 6.21. The van der Waals surface area contributed by atoms with E-state index in [1.165, 1.54) is 18.2 Å². The van der Waals surface area contributed by atoms with E-state index < -0.39 is 5.82 Å². The van der Waals surface area contributed by atoms with Gasteiger partial charge in [0, 0.05) is 5.56 Å². The van der Waals surface area contributed by atoms with Crippen LogP contribution in [0, 0.1) is 5.82 Å². The molecular weight excluding hydrogens is 277 g/mol. The van der Waals surface area contributed by atoms with Gasteiger partial charge in [-0.2, -0.15) is 0 Å². The second-order valence-electron chi connectivity index (χ2n) is 4.88. The first-order chi connectivity index (χ1) is 9.65. The molecule has 2 unspecified atom stereocenters. The maximum Gasteiger partial charge on any atom is 0.251 e. The van der Waals surface area contributed by atoms with Crippen molar-refractivity contribution in [1.82, 2.24) is 5.32 Å². The normalized spacial score (nSPS) is 20.5. The summed E-state index contributed by atoms with van der Waals surface area (Å²) in [7, 11) is 0. The van der Waals surface area contributed by atoms with E-state index in [0.717, 1.165) is 17.5 Å². The minimum absolute atomic E-state index is 0.176. The molecule has 1 amide bonds. The van der Waals surface area contributed by atoms with Crippen LogP contribution < -0.4 is 5.32 Å². The van der Waals surface area contributed by atoms with Crippen molar-refractivity contribution < 1.29 is 9.18 Å². The van der Waals surface area contributed by atoms with Crippen LogP contribution in [-0.2, 0) is 6.42 Å². The molecule has 0 aromatic heterocycles. The van der Waals surface area contributed by atoms with Gasteiger partial charge in [0.1, 0.15) is 5.82 Å². The molecule has 2 aromatic carbocycles. The number of alkyl halides is 1. The fourth-order valence-electron chi connectivity index (χ4n) is 2.57. The topological polar surface area (TPSA) is 29.1 Å². The Balaban J connectivity index is 1.83. The van der Waals surface area contributed by atoms with Crippen LogP contribution in [0.2, 0.25) is 0 Å². The van der Waals surface area contributed by atoms with Gasteiger partial charge in [-0.3, -0.25) is 4.79 Å². The van der Waals surface area contributed by atoms with E-state index in [-0.39, 0.29) is 17.3 Å². The SMILES string of the molecule is O=C(NC1c2ccccc2CC1Cl)c1cccc(F)c1. The molecule has 0 fully saturated rings. The number of fused-ring (bicyclic) bond motifs is 1. The fraction of sp³-hybridized carbons (Fsp3) is 0.188. The second kappa shape index (κ2) is 5.25. The average molecular weight is 290 g/mol. The molecule has 1 N–H and O–H groups in total. The molecule has 0 bridgehead atoms. The molecule has 0 aliphatic heterocycles. The molecule has 102 valence electrons. The lowest BCUT2D eigenvalue weighted by Gasteiger charge is -2.17. The largest absolute Gasteiger partial charge is 0.344 e. The van der Waals surface area contributed by atoms with Gasteiger partial charge in [-0.05, 0) is 35.7 Å². The van der Waals surface area contributed by atoms with Gasteiger partial charge >= 0.3 is 0 Å². The number of benzene rings is 2. The number of hydrogen-bond acceptors (Lipinski definition) is 1. The number of carbonyl (C=O) groups is 1. The van der Waals surface area contributed by atoms with E-state index in [1.54, 1.807) is 6.07 Å². The zero-order valence-electron chi connectivity index (χ0n) is 10.6. The molecule has 4 heteroatoms. The van der Waals surface area contributed by atoms with Gasteiger partial charge in [0.15, 0.2) is 0 Å². The van der Waals surface area contributed by atoms with Gasteiger partial charge in [0.2, 0.25) is 0 Å². The zero-order chi connectivity index (χ0) is 14.1. The summed E-state index contributed by atoms with van der Waals surface area (Å²) in [5, 5.41) is 2.71. The molecule has 0 saturated carbocycles. The third-order valence-electron chi connectivity index (χ3n) is 3.54. The highest BCUT2D eigenvalue weighted by Gasteiger charge is 2.32. The highest BCUT2D eigenvalue weighted by atomic mass is 35.5. The van der Waals surface area contributed by atoms with Crippen LogP contribution in [0.3, 0.4) is 0 Å². The van der Waals surface area contributed by atoms with E-state index in [0.29, 0.717) is 5.56 Å². The van der Waals surface area contributed by atoms with E-state index >= 15 is 0 Å². The lowest BCUT2D eigenvalue weighted by molar-refractivity contribution is 0.0937. The first kappa shape index (κ1) is 13.1. The summed E-state index contributed by atoms with van der Waals surface area (Å²) in [6.07, 6.45) is 0.728. The summed E-state index contributed by atoms with van der Waals surface area (Å²) < 4.78 is 13.2. The van der Waals surface area contributed by atoms with E-state index in [4.69, 9.17) is 11.6 Å². The highest BCUT2D eigenvalue weighted by Crippen LogP contribution is 2.34. The third-order valence-corrected chi connectivity index (χ3v) is 3.95. The van der Waals surface area contributed by atoms with Crippen molar-refractivity contribution in [2.75, 3.05) is 0 Å². The summed E-state index contributed by atoms with van der Waals surface area (Å²) in [5.41, 5.74) is 2.49. The smallest absolute Gasteiger partial charge is 0.251 e. The molecule has 0 radical (unpaired) electrons. The van der Waals surface area contributed by atoms with Crippen LogP contribution in [0.1, 0.15) is 27.5 Å². The number of rotatable bonds is 2. The van der Waals surface area contributed by atoms with E-state index in [1.807, 2.05) is 24.3 Å². The molecular formula is C16H13ClFNO. The Morgan fingerprint density at radius 1 is 1.20 bits per heavy atom. The van der Waals surface area contributed by atoms with Crippen molar-refractivity contribution in [2.45, 2.75) is 17.8 Å². The molecule has 2 atom stereocenters. The zero-order valence-corrected chi connectivity index (χ0v) is 11.4. The summed E-state index contributed by atoms with van der Waals surface area (Å²) in [4.78, 5) is 12.2. The van der Waals surface area contributed by atoms with Crippen LogP contribution >= 0.6 is 11.6 Å². The molecule has 2 nitrogen and oxygen atoms in total. The van der Waals surface area contributed by atoms with Crippen molar-refractivity contribution >= 4 is 17.5 Å². The molecule has 1 aliphatic carbocycles. The van der Waals surface area contributed by atoms with Crippen molar-refractivity contribution in [3.63, 3.8) is 0 Å². The van der Waals surface area contributed by atoms with Crippen molar-refractivity contribution in [2.24, 2.45) is 0 Å². The Kier molecular flexibility index (Phi) is 3.45. The number of nitrogens with one attached hydrogen (secondary N) is 1. The third kappa shape index (κ3) is 2.41. The summed E-state index contributed by atoms with van der Waals surface area (Å²) >= 11 is 6.32. The van der Waals surface area contributed by atoms with Crippen LogP contribution in [0.15, 0.2) is 48.5 Å². The number of hydrogen-bond donors (Lipinski definition) is 1. The van der Waals surface area contributed by atoms with Crippen molar-refractivity contribution in [3.8, 4) is 0 Å². The lowest BCUT2D eigenvalue weighted by atomic mass is 10.1. The first-order valence-corrected chi connectivity index (χ1v) is 6.87. The van der Waals surface area contributed by atoms with Gasteiger partial charge in [-0.1, -0.05) is 30.3 Å². The Hall–Kier alpha value is -1.87. The molecule has 0 saturated heterocycles. The summed E-state index contributed by atoms with van der Waals surface area (Å²) in [6, 6.07) is 13.3. The van der Waals surface area contributed by atoms with Gasteiger partial charge < -0.3 is 5.32 Å². The standard InChI is InChI=1S/C16H13ClFNO/c17-14-9-10-4-1-2-7-13(10)15(14)19-16(20)11-5-3-6-12(18)8-11/h1-8,14-15H,9H2,(H,19,20). The fourth-order valence-corrected chi connectivity index (χ4v) is 2.93. The Bertz CT molecular complexity index is 658. The van der Waals surface area contributed by atoms with Crippen LogP contribution in [0.5, 0.6) is 0 Å². The predicted molar refractivity (Wildman–Crippen MR) is 76.4 cm³/mol. The number of halogens is 2. The van der Waals surface area contributed by atoms with Crippen LogP contribution in [0.4, 0.5) is 4.39 Å². The van der Waals surface area contributed by atoms with Crippen molar-refractivity contribution in [1.29, 1.82) is 0 Å². The van der Waals surface area contributed by atoms with Crippen LogP contribution in [0.25, 0.3) is 0 Å². The molecule has 20 heavy (non-hydrogen) atoms. The first-order valence-electron chi connectivity index (χ1n) is 6.43. The molecule has 0 heterocycles. The maximum absolute atomic E-state index is 13.2. The molecule has 2 aromatic rings. The molecule has 1 aliphatic rings. The van der Waals surface area contributed by atoms with Gasteiger partial charge in [0.05, 0.1) is 11.4 Å². The Labute approximate surface area is 121 Å². The van der Waals surface area contributed by atoms with E-state index in [9.17, 15) is 9.18 Å². The monoisotopic (exact) mass is 289 g/mol. The average Bonchev–Trinajstić information content (AvgIpc) is 2.75. The minimum atomic E-state index is -0.424. The van der Waals surface area contributed by atoms with Crippen LogP contribution in [-0.4, -0.2) is 11.3 Å². The van der Waals surface area contributed by atoms with E-state index in [2.05, 4.69) is 5.32 Å². The second-order valence-corrected chi connectivity index (χ2v) is 5.44. The predicted octanol–water partition coefficient (Wildman–Crippen LogP) is 3.46.